The molecule has 16 nitrogen and oxygen atoms in total. The monoisotopic (exact) mass is 639 g/mol. The Bertz CT molecular complexity index is 2070. The highest BCUT2D eigenvalue weighted by Gasteiger charge is 2.37. The van der Waals surface area contributed by atoms with Crippen LogP contribution in [0.25, 0.3) is 11.8 Å². The topological polar surface area (TPSA) is 234 Å². The van der Waals surface area contributed by atoms with E-state index in [4.69, 9.17) is 5.73 Å². The van der Waals surface area contributed by atoms with E-state index < -0.39 is 46.5 Å². The van der Waals surface area contributed by atoms with Crippen molar-refractivity contribution >= 4 is 53.5 Å². The molecule has 0 spiro atoms. The lowest BCUT2D eigenvalue weighted by Crippen LogP contribution is -2.54. The normalized spacial score (nSPS) is 16.3. The number of rotatable bonds is 9. The van der Waals surface area contributed by atoms with E-state index in [1.54, 1.807) is 0 Å². The highest BCUT2D eigenvalue weighted by atomic mass is 16.3. The van der Waals surface area contributed by atoms with Crippen molar-refractivity contribution in [1.82, 2.24) is 19.8 Å². The number of primary amides is 1. The Kier molecular flexibility index (Phi) is 8.75. The van der Waals surface area contributed by atoms with Gasteiger partial charge in [-0.2, -0.15) is 0 Å². The second kappa shape index (κ2) is 13.0. The Morgan fingerprint density at radius 3 is 2.45 bits per heavy atom. The van der Waals surface area contributed by atoms with E-state index >= 15 is 0 Å². The van der Waals surface area contributed by atoms with Crippen LogP contribution in [0.2, 0.25) is 0 Å². The molecule has 238 valence electrons. The summed E-state index contributed by atoms with van der Waals surface area (Å²) in [7, 11) is 0. The average molecular weight is 640 g/mol. The fourth-order valence-corrected chi connectivity index (χ4v) is 4.93. The first-order valence-electron chi connectivity index (χ1n) is 13.9. The minimum absolute atomic E-state index is 0.0142. The number of aromatic hydroxyl groups is 1. The number of nitrogens with zero attached hydrogens (tertiary/aromatic N) is 3. The third-order valence-electron chi connectivity index (χ3n) is 7.16. The molecule has 47 heavy (non-hydrogen) atoms. The molecule has 0 bridgehead atoms. The number of aromatic amines is 1. The highest BCUT2D eigenvalue weighted by Crippen LogP contribution is 2.24. The lowest BCUT2D eigenvalue weighted by Gasteiger charge is -2.26. The van der Waals surface area contributed by atoms with Gasteiger partial charge in [0.05, 0.1) is 11.4 Å². The van der Waals surface area contributed by atoms with E-state index in [2.05, 4.69) is 15.6 Å². The van der Waals surface area contributed by atoms with Crippen molar-refractivity contribution in [3.8, 4) is 11.6 Å². The van der Waals surface area contributed by atoms with E-state index in [1.807, 2.05) is 0 Å². The van der Waals surface area contributed by atoms with Gasteiger partial charge in [-0.15, -0.1) is 0 Å². The predicted octanol–water partition coefficient (Wildman–Crippen LogP) is 0.627. The number of allylic oxidation sites excluding steroid dienone is 3. The van der Waals surface area contributed by atoms with Gasteiger partial charge in [0.2, 0.25) is 24.1 Å². The number of nitrogens with one attached hydrogen (secondary N) is 3. The number of hydrogen-bond acceptors (Lipinski definition) is 9. The first kappa shape index (κ1) is 31.6. The zero-order valence-corrected chi connectivity index (χ0v) is 24.3. The molecule has 0 saturated carbocycles. The second-order valence-electron chi connectivity index (χ2n) is 10.1. The van der Waals surface area contributed by atoms with Crippen LogP contribution >= 0.6 is 0 Å². The molecule has 0 atom stereocenters. The molecule has 0 aliphatic carbocycles. The average Bonchev–Trinajstić information content (AvgIpc) is 3.45. The summed E-state index contributed by atoms with van der Waals surface area (Å²) in [5.74, 6) is -3.93. The molecule has 1 aromatic heterocycles. The van der Waals surface area contributed by atoms with E-state index in [-0.39, 0.29) is 47.1 Å². The van der Waals surface area contributed by atoms with Crippen molar-refractivity contribution in [1.29, 1.82) is 0 Å². The first-order chi connectivity index (χ1) is 22.5. The molecule has 2 aromatic carbocycles. The van der Waals surface area contributed by atoms with Gasteiger partial charge in [-0.1, -0.05) is 12.1 Å². The Morgan fingerprint density at radius 2 is 1.74 bits per heavy atom. The van der Waals surface area contributed by atoms with Crippen LogP contribution in [0.1, 0.15) is 28.8 Å². The number of carbonyl (C=O) groups is 6. The molecule has 6 N–H and O–H groups in total. The van der Waals surface area contributed by atoms with Crippen LogP contribution in [0.4, 0.5) is 16.2 Å². The Labute approximate surface area is 264 Å². The van der Waals surface area contributed by atoms with Gasteiger partial charge in [-0.3, -0.25) is 39.1 Å². The summed E-state index contributed by atoms with van der Waals surface area (Å²) < 4.78 is 0.728. The molecule has 2 fully saturated rings. The largest absolute Gasteiger partial charge is 0.494 e. The van der Waals surface area contributed by atoms with Gasteiger partial charge < -0.3 is 21.1 Å². The van der Waals surface area contributed by atoms with Crippen LogP contribution in [0.15, 0.2) is 87.6 Å². The summed E-state index contributed by atoms with van der Waals surface area (Å²) >= 11 is 0. The lowest BCUT2D eigenvalue weighted by molar-refractivity contribution is -0.126. The van der Waals surface area contributed by atoms with Crippen LogP contribution in [0, 0.1) is 0 Å². The summed E-state index contributed by atoms with van der Waals surface area (Å²) in [4.78, 5) is 104. The minimum atomic E-state index is -1.06. The fraction of sp³-hybridized carbons (Fsp3) is 0.0968. The number of H-pyrrole nitrogens is 1. The highest BCUT2D eigenvalue weighted by molar-refractivity contribution is 6.37. The standard InChI is InChI=1S/C31H25N7O9/c32-25(41)17-4-1-6-20(14-17)37-28(44)22(26(42)34-30(37)46)11-9-19(36-13-3-8-24(36)40)10-12-23-27(43)35-31(47)38(29(23)45)21-7-2-5-18(15-21)33-16-39/h1-2,4-7,9-12,14-16,43H,3,8,13H2,(H2,32,41)(H,33,39)(H,35,47)(H,34,42,46). The van der Waals surface area contributed by atoms with Crippen molar-refractivity contribution in [2.75, 3.05) is 16.8 Å². The van der Waals surface area contributed by atoms with E-state index in [1.165, 1.54) is 65.6 Å². The van der Waals surface area contributed by atoms with Crippen molar-refractivity contribution in [2.24, 2.45) is 5.73 Å². The Balaban J connectivity index is 1.56. The summed E-state index contributed by atoms with van der Waals surface area (Å²) in [6.45, 7) is 0.251. The molecule has 2 aliphatic heterocycles. The first-order valence-corrected chi connectivity index (χ1v) is 13.9. The smallest absolute Gasteiger partial charge is 0.335 e. The maximum absolute atomic E-state index is 13.4. The maximum atomic E-state index is 13.4. The van der Waals surface area contributed by atoms with Gasteiger partial charge in [-0.05, 0) is 67.1 Å². The number of aromatic nitrogens is 2. The van der Waals surface area contributed by atoms with Gasteiger partial charge in [-0.25, -0.2) is 19.1 Å². The fourth-order valence-electron chi connectivity index (χ4n) is 4.93. The Morgan fingerprint density at radius 1 is 1.00 bits per heavy atom. The third-order valence-corrected chi connectivity index (χ3v) is 7.16. The molecule has 3 heterocycles. The zero-order chi connectivity index (χ0) is 33.8. The maximum Gasteiger partial charge on any atom is 0.335 e. The summed E-state index contributed by atoms with van der Waals surface area (Å²) in [5.41, 5.74) is 3.00. The van der Waals surface area contributed by atoms with Gasteiger partial charge in [0.15, 0.2) is 0 Å². The number of nitrogens with two attached hydrogens (primary N) is 1. The van der Waals surface area contributed by atoms with Crippen molar-refractivity contribution in [3.63, 3.8) is 0 Å². The van der Waals surface area contributed by atoms with Gasteiger partial charge >= 0.3 is 11.7 Å². The number of carbonyl (C=O) groups excluding carboxylic acids is 6. The number of likely N-dealkylation sites (tertiary alicyclic amines) is 1. The number of imide groups is 2. The minimum Gasteiger partial charge on any atom is -0.494 e. The molecule has 5 rings (SSSR count). The van der Waals surface area contributed by atoms with Crippen LogP contribution in [-0.2, 0) is 19.2 Å². The molecule has 2 aliphatic rings. The molecular formula is C31H25N7O9. The van der Waals surface area contributed by atoms with Crippen molar-refractivity contribution < 1.29 is 33.9 Å². The molecule has 2 saturated heterocycles. The van der Waals surface area contributed by atoms with Gasteiger partial charge in [0.1, 0.15) is 11.1 Å². The number of anilines is 2. The predicted molar refractivity (Wildman–Crippen MR) is 166 cm³/mol. The summed E-state index contributed by atoms with van der Waals surface area (Å²) in [6.07, 6.45) is 5.84. The number of hydrogen-bond donors (Lipinski definition) is 5. The lowest BCUT2D eigenvalue weighted by atomic mass is 10.1. The van der Waals surface area contributed by atoms with Gasteiger partial charge in [0.25, 0.3) is 17.4 Å². The Hall–Kier alpha value is -6.84. The number of barbiturate groups is 1. The van der Waals surface area contributed by atoms with Crippen LogP contribution in [0.5, 0.6) is 5.88 Å². The second-order valence-corrected chi connectivity index (χ2v) is 10.1. The van der Waals surface area contributed by atoms with Crippen LogP contribution in [-0.4, -0.2) is 62.2 Å². The van der Waals surface area contributed by atoms with Crippen LogP contribution in [0.3, 0.4) is 0 Å². The molecular weight excluding hydrogens is 614 g/mol. The summed E-state index contributed by atoms with van der Waals surface area (Å²) in [6, 6.07) is 10.1. The van der Waals surface area contributed by atoms with E-state index in [0.29, 0.717) is 23.4 Å². The number of amides is 7. The molecule has 7 amide bonds. The molecule has 0 radical (unpaired) electrons. The molecule has 0 unspecified atom stereocenters. The zero-order valence-electron chi connectivity index (χ0n) is 24.3. The van der Waals surface area contributed by atoms with E-state index in [9.17, 15) is 43.5 Å². The molecule has 3 aromatic rings. The van der Waals surface area contributed by atoms with Crippen LogP contribution < -0.4 is 32.5 Å². The SMILES string of the molecule is NC(=O)c1cccc(N2C(=O)NC(=O)C(=CC=C(C=Cc3c(O)[nH]c(=O)n(-c4cccc(NC=O)c4)c3=O)N3CCCC3=O)C2=O)c1. The van der Waals surface area contributed by atoms with E-state index in [0.717, 1.165) is 16.7 Å². The van der Waals surface area contributed by atoms with Crippen molar-refractivity contribution in [3.05, 3.63) is 110 Å². The van der Waals surface area contributed by atoms with Crippen molar-refractivity contribution in [2.45, 2.75) is 12.8 Å². The molecule has 16 heteroatoms. The number of urea groups is 1. The summed E-state index contributed by atoms with van der Waals surface area (Å²) in [5, 5.41) is 14.9. The van der Waals surface area contributed by atoms with Gasteiger partial charge in [0, 0.05) is 29.9 Å². The number of benzene rings is 2. The third kappa shape index (κ3) is 6.37. The quantitative estimate of drug-likeness (QED) is 0.0954.